The van der Waals surface area contributed by atoms with E-state index in [4.69, 9.17) is 0 Å². The molecule has 1 aliphatic heterocycles. The third-order valence-corrected chi connectivity index (χ3v) is 4.14. The summed E-state index contributed by atoms with van der Waals surface area (Å²) in [6, 6.07) is -0.721. The number of likely N-dealkylation sites (tertiary alicyclic amines) is 1. The molecular formula is C12H17N3O3S. The Balaban J connectivity index is 2.26. The van der Waals surface area contributed by atoms with Gasteiger partial charge in [0.05, 0.1) is 5.69 Å². The third-order valence-electron chi connectivity index (χ3n) is 3.38. The lowest BCUT2D eigenvalue weighted by Gasteiger charge is -2.26. The van der Waals surface area contributed by atoms with Crippen LogP contribution in [0.1, 0.15) is 48.0 Å². The number of hydrogen-bond acceptors (Lipinski definition) is 5. The molecule has 0 bridgehead atoms. The minimum atomic E-state index is -0.925. The Morgan fingerprint density at radius 1 is 1.42 bits per heavy atom. The lowest BCUT2D eigenvalue weighted by atomic mass is 10.1. The van der Waals surface area contributed by atoms with Crippen molar-refractivity contribution in [3.63, 3.8) is 0 Å². The Kier molecular flexibility index (Phi) is 4.47. The van der Waals surface area contributed by atoms with Crippen LogP contribution < -0.4 is 0 Å². The van der Waals surface area contributed by atoms with E-state index in [1.807, 2.05) is 6.92 Å². The Bertz CT molecular complexity index is 475. The number of carbonyl (C=O) groups excluding carboxylic acids is 1. The minimum Gasteiger partial charge on any atom is -0.480 e. The Labute approximate surface area is 115 Å². The normalized spacial score (nSPS) is 20.1. The van der Waals surface area contributed by atoms with E-state index in [1.165, 1.54) is 4.90 Å². The minimum absolute atomic E-state index is 0.235. The van der Waals surface area contributed by atoms with Gasteiger partial charge in [-0.05, 0) is 30.8 Å². The van der Waals surface area contributed by atoms with Gasteiger partial charge in [-0.2, -0.15) is 0 Å². The Morgan fingerprint density at radius 2 is 2.21 bits per heavy atom. The molecule has 1 atom stereocenters. The van der Waals surface area contributed by atoms with Crippen LogP contribution >= 0.6 is 11.5 Å². The van der Waals surface area contributed by atoms with Gasteiger partial charge in [0.15, 0.2) is 0 Å². The van der Waals surface area contributed by atoms with E-state index < -0.39 is 12.0 Å². The number of aromatic nitrogens is 2. The second-order valence-electron chi connectivity index (χ2n) is 4.60. The summed E-state index contributed by atoms with van der Waals surface area (Å²) in [5.74, 6) is -1.16. The molecule has 1 aliphatic rings. The molecule has 0 aromatic carbocycles. The zero-order valence-corrected chi connectivity index (χ0v) is 11.7. The topological polar surface area (TPSA) is 83.4 Å². The van der Waals surface area contributed by atoms with Crippen LogP contribution in [0.25, 0.3) is 0 Å². The highest BCUT2D eigenvalue weighted by Crippen LogP contribution is 2.22. The number of amides is 1. The molecule has 7 heteroatoms. The van der Waals surface area contributed by atoms with Crippen LogP contribution in [0.3, 0.4) is 0 Å². The number of carbonyl (C=O) groups is 2. The molecule has 1 unspecified atom stereocenters. The molecule has 0 aliphatic carbocycles. The molecule has 1 aromatic rings. The van der Waals surface area contributed by atoms with Gasteiger partial charge in [0.2, 0.25) is 0 Å². The van der Waals surface area contributed by atoms with E-state index in [-0.39, 0.29) is 5.91 Å². The van der Waals surface area contributed by atoms with Gasteiger partial charge < -0.3 is 10.0 Å². The fourth-order valence-corrected chi connectivity index (χ4v) is 3.05. The molecule has 2 heterocycles. The summed E-state index contributed by atoms with van der Waals surface area (Å²) in [5.41, 5.74) is 0.656. The zero-order valence-electron chi connectivity index (χ0n) is 10.8. The van der Waals surface area contributed by atoms with Crippen molar-refractivity contribution in [2.24, 2.45) is 0 Å². The lowest BCUT2D eigenvalue weighted by Crippen LogP contribution is -2.44. The molecule has 6 nitrogen and oxygen atoms in total. The molecule has 0 saturated carbocycles. The maximum atomic E-state index is 12.5. The molecule has 1 amide bonds. The van der Waals surface area contributed by atoms with Crippen molar-refractivity contribution in [3.8, 4) is 0 Å². The van der Waals surface area contributed by atoms with Crippen molar-refractivity contribution < 1.29 is 14.7 Å². The van der Waals surface area contributed by atoms with Gasteiger partial charge >= 0.3 is 5.97 Å². The van der Waals surface area contributed by atoms with E-state index in [0.29, 0.717) is 30.0 Å². The van der Waals surface area contributed by atoms with Gasteiger partial charge in [-0.3, -0.25) is 4.79 Å². The summed E-state index contributed by atoms with van der Waals surface area (Å²) in [6.45, 7) is 2.40. The molecule has 1 N–H and O–H groups in total. The standard InChI is InChI=1S/C12H17N3O3S/c1-2-8-10(19-14-13-8)11(16)15-7-5-3-4-6-9(15)12(17)18/h9H,2-7H2,1H3,(H,17,18). The van der Waals surface area contributed by atoms with E-state index in [0.717, 1.165) is 30.8 Å². The van der Waals surface area contributed by atoms with Gasteiger partial charge in [0.25, 0.3) is 5.91 Å². The maximum Gasteiger partial charge on any atom is 0.326 e. The van der Waals surface area contributed by atoms with Crippen molar-refractivity contribution in [2.45, 2.75) is 45.1 Å². The van der Waals surface area contributed by atoms with Gasteiger partial charge in [0, 0.05) is 6.54 Å². The molecule has 0 spiro atoms. The van der Waals surface area contributed by atoms with Gasteiger partial charge in [-0.25, -0.2) is 4.79 Å². The fraction of sp³-hybridized carbons (Fsp3) is 0.667. The number of aryl methyl sites for hydroxylation is 1. The molecule has 2 rings (SSSR count). The molecule has 1 fully saturated rings. The molecule has 1 saturated heterocycles. The fourth-order valence-electron chi connectivity index (χ4n) is 2.34. The number of nitrogens with zero attached hydrogens (tertiary/aromatic N) is 3. The predicted octanol–water partition coefficient (Wildman–Crippen LogP) is 1.57. The number of rotatable bonds is 3. The van der Waals surface area contributed by atoms with E-state index in [1.54, 1.807) is 0 Å². The summed E-state index contributed by atoms with van der Waals surface area (Å²) < 4.78 is 3.80. The van der Waals surface area contributed by atoms with E-state index in [2.05, 4.69) is 9.59 Å². The van der Waals surface area contributed by atoms with Gasteiger partial charge in [-0.15, -0.1) is 5.10 Å². The van der Waals surface area contributed by atoms with Crippen molar-refractivity contribution in [2.75, 3.05) is 6.54 Å². The van der Waals surface area contributed by atoms with Crippen LogP contribution in [0.2, 0.25) is 0 Å². The highest BCUT2D eigenvalue weighted by Gasteiger charge is 2.33. The monoisotopic (exact) mass is 283 g/mol. The van der Waals surface area contributed by atoms with E-state index >= 15 is 0 Å². The summed E-state index contributed by atoms with van der Waals surface area (Å²) in [5, 5.41) is 13.2. The zero-order chi connectivity index (χ0) is 13.8. The molecule has 1 aromatic heterocycles. The van der Waals surface area contributed by atoms with Crippen LogP contribution in [0, 0.1) is 0 Å². The van der Waals surface area contributed by atoms with Crippen LogP contribution in [0.4, 0.5) is 0 Å². The summed E-state index contributed by atoms with van der Waals surface area (Å²) >= 11 is 1.05. The lowest BCUT2D eigenvalue weighted by molar-refractivity contribution is -0.142. The number of aliphatic carboxylic acids is 1. The highest BCUT2D eigenvalue weighted by molar-refractivity contribution is 7.08. The average Bonchev–Trinajstić information content (AvgIpc) is 2.73. The quantitative estimate of drug-likeness (QED) is 0.910. The molecular weight excluding hydrogens is 266 g/mol. The molecule has 19 heavy (non-hydrogen) atoms. The first-order valence-corrected chi connectivity index (χ1v) is 7.27. The van der Waals surface area contributed by atoms with Crippen molar-refractivity contribution in [1.82, 2.24) is 14.5 Å². The van der Waals surface area contributed by atoms with Crippen LogP contribution in [-0.4, -0.2) is 44.1 Å². The van der Waals surface area contributed by atoms with Crippen molar-refractivity contribution in [1.29, 1.82) is 0 Å². The largest absolute Gasteiger partial charge is 0.480 e. The predicted molar refractivity (Wildman–Crippen MR) is 70.2 cm³/mol. The maximum absolute atomic E-state index is 12.5. The molecule has 104 valence electrons. The first-order valence-electron chi connectivity index (χ1n) is 6.50. The SMILES string of the molecule is CCc1nnsc1C(=O)N1CCCCCC1C(=O)O. The van der Waals surface area contributed by atoms with Gasteiger partial charge in [0.1, 0.15) is 10.9 Å². The second kappa shape index (κ2) is 6.10. The Morgan fingerprint density at radius 3 is 2.89 bits per heavy atom. The summed E-state index contributed by atoms with van der Waals surface area (Å²) in [7, 11) is 0. The number of hydrogen-bond donors (Lipinski definition) is 1. The van der Waals surface area contributed by atoms with Crippen molar-refractivity contribution in [3.05, 3.63) is 10.6 Å². The average molecular weight is 283 g/mol. The number of carboxylic acids is 1. The smallest absolute Gasteiger partial charge is 0.326 e. The summed E-state index contributed by atoms with van der Waals surface area (Å²) in [6.07, 6.45) is 3.82. The van der Waals surface area contributed by atoms with Crippen molar-refractivity contribution >= 4 is 23.4 Å². The highest BCUT2D eigenvalue weighted by atomic mass is 32.1. The number of carboxylic acid groups (broad SMARTS) is 1. The molecule has 0 radical (unpaired) electrons. The first-order chi connectivity index (χ1) is 9.15. The van der Waals surface area contributed by atoms with Crippen LogP contribution in [-0.2, 0) is 11.2 Å². The second-order valence-corrected chi connectivity index (χ2v) is 5.36. The summed E-state index contributed by atoms with van der Waals surface area (Å²) in [4.78, 5) is 25.8. The van der Waals surface area contributed by atoms with Crippen LogP contribution in [0.5, 0.6) is 0 Å². The van der Waals surface area contributed by atoms with Gasteiger partial charge in [-0.1, -0.05) is 24.3 Å². The first kappa shape index (κ1) is 13.9. The van der Waals surface area contributed by atoms with Crippen LogP contribution in [0.15, 0.2) is 0 Å². The Hall–Kier alpha value is -1.50. The third kappa shape index (κ3) is 2.91. The van der Waals surface area contributed by atoms with E-state index in [9.17, 15) is 14.7 Å².